The van der Waals surface area contributed by atoms with E-state index in [0.717, 1.165) is 0 Å². The van der Waals surface area contributed by atoms with Gasteiger partial charge in [-0.05, 0) is 20.8 Å². The molecule has 0 radical (unpaired) electrons. The Bertz CT molecular complexity index is 200. The number of carbonyl (C=O) groups excluding carboxylic acids is 1. The van der Waals surface area contributed by atoms with Crippen LogP contribution in [0.1, 0.15) is 27.7 Å². The molecule has 4 nitrogen and oxygen atoms in total. The van der Waals surface area contributed by atoms with Gasteiger partial charge in [-0.3, -0.25) is 4.79 Å². The zero-order chi connectivity index (χ0) is 10.1. The van der Waals surface area contributed by atoms with Gasteiger partial charge in [-0.25, -0.2) is 0 Å². The number of hydrogen-bond donors (Lipinski definition) is 0. The van der Waals surface area contributed by atoms with Crippen molar-refractivity contribution in [2.45, 2.75) is 45.7 Å². The smallest absolute Gasteiger partial charge is 0.302 e. The van der Waals surface area contributed by atoms with Crippen LogP contribution in [0.15, 0.2) is 0 Å². The summed E-state index contributed by atoms with van der Waals surface area (Å²) in [4.78, 5) is 10.7. The summed E-state index contributed by atoms with van der Waals surface area (Å²) in [6.07, 6.45) is -0.404. The molecule has 1 heterocycles. The molecule has 4 heteroatoms. The lowest BCUT2D eigenvalue weighted by molar-refractivity contribution is -0.167. The van der Waals surface area contributed by atoms with E-state index in [2.05, 4.69) is 0 Å². The lowest BCUT2D eigenvalue weighted by Crippen LogP contribution is -2.31. The van der Waals surface area contributed by atoms with Gasteiger partial charge in [0.05, 0.1) is 6.61 Å². The highest BCUT2D eigenvalue weighted by atomic mass is 16.7. The fraction of sp³-hybridized carbons (Fsp3) is 0.889. The first-order valence-electron chi connectivity index (χ1n) is 4.40. The normalized spacial score (nSPS) is 28.5. The Kier molecular flexibility index (Phi) is 2.93. The molecule has 13 heavy (non-hydrogen) atoms. The number of carbonyl (C=O) groups is 1. The van der Waals surface area contributed by atoms with Crippen molar-refractivity contribution in [3.63, 3.8) is 0 Å². The molecule has 76 valence electrons. The molecule has 0 aliphatic carbocycles. The summed E-state index contributed by atoms with van der Waals surface area (Å²) in [5.41, 5.74) is 0. The third-order valence-corrected chi connectivity index (χ3v) is 1.91. The minimum atomic E-state index is -0.556. The Morgan fingerprint density at radius 2 is 2.23 bits per heavy atom. The van der Waals surface area contributed by atoms with Crippen molar-refractivity contribution in [3.05, 3.63) is 0 Å². The molecule has 1 rings (SSSR count). The number of hydrogen-bond acceptors (Lipinski definition) is 4. The van der Waals surface area contributed by atoms with Crippen LogP contribution in [0.2, 0.25) is 0 Å². The Morgan fingerprint density at radius 3 is 2.62 bits per heavy atom. The first kappa shape index (κ1) is 10.5. The average molecular weight is 188 g/mol. The molecule has 1 fully saturated rings. The van der Waals surface area contributed by atoms with Crippen molar-refractivity contribution in [1.29, 1.82) is 0 Å². The fourth-order valence-electron chi connectivity index (χ4n) is 1.28. The second kappa shape index (κ2) is 3.64. The van der Waals surface area contributed by atoms with Gasteiger partial charge in [-0.15, -0.1) is 0 Å². The monoisotopic (exact) mass is 188 g/mol. The molecule has 0 aromatic carbocycles. The summed E-state index contributed by atoms with van der Waals surface area (Å²) in [6.45, 7) is 7.34. The predicted molar refractivity (Wildman–Crippen MR) is 46.1 cm³/mol. The molecule has 1 aliphatic rings. The minimum Gasteiger partial charge on any atom is -0.460 e. The van der Waals surface area contributed by atoms with Gasteiger partial charge in [-0.1, -0.05) is 0 Å². The van der Waals surface area contributed by atoms with Crippen molar-refractivity contribution in [2.24, 2.45) is 0 Å². The lowest BCUT2D eigenvalue weighted by Gasteiger charge is -2.20. The molecule has 0 spiro atoms. The molecule has 0 aromatic heterocycles. The summed E-state index contributed by atoms with van der Waals surface area (Å²) in [5, 5.41) is 0. The first-order chi connectivity index (χ1) is 5.91. The van der Waals surface area contributed by atoms with Crippen molar-refractivity contribution in [2.75, 3.05) is 6.61 Å². The minimum absolute atomic E-state index is 0.154. The molecule has 0 bridgehead atoms. The van der Waals surface area contributed by atoms with Gasteiger partial charge in [0.25, 0.3) is 0 Å². The number of esters is 1. The largest absolute Gasteiger partial charge is 0.460 e. The number of rotatable bonds is 2. The van der Waals surface area contributed by atoms with E-state index in [9.17, 15) is 4.79 Å². The Hall–Kier alpha value is -0.610. The number of ether oxygens (including phenoxy) is 3. The van der Waals surface area contributed by atoms with E-state index in [0.29, 0.717) is 6.61 Å². The molecular formula is C9H16O4. The topological polar surface area (TPSA) is 44.8 Å². The van der Waals surface area contributed by atoms with Gasteiger partial charge in [-0.2, -0.15) is 0 Å². The molecule has 0 saturated carbocycles. The standard InChI is InChI=1S/C9H16O4/c1-6(12-7(2)10)8-5-11-9(3,4)13-8/h6,8H,5H2,1-4H3/t6-,8+/m1/s1. The van der Waals surface area contributed by atoms with E-state index in [1.807, 2.05) is 13.8 Å². The van der Waals surface area contributed by atoms with Crippen molar-refractivity contribution >= 4 is 5.97 Å². The fourth-order valence-corrected chi connectivity index (χ4v) is 1.28. The highest BCUT2D eigenvalue weighted by Gasteiger charge is 2.36. The van der Waals surface area contributed by atoms with Crippen LogP contribution in [0.5, 0.6) is 0 Å². The average Bonchev–Trinajstić information content (AvgIpc) is 2.28. The van der Waals surface area contributed by atoms with Crippen LogP contribution in [-0.2, 0) is 19.0 Å². The molecular weight excluding hydrogens is 172 g/mol. The van der Waals surface area contributed by atoms with Crippen molar-refractivity contribution in [1.82, 2.24) is 0 Å². The summed E-state index contributed by atoms with van der Waals surface area (Å²) >= 11 is 0. The summed E-state index contributed by atoms with van der Waals surface area (Å²) in [7, 11) is 0. The Morgan fingerprint density at radius 1 is 1.62 bits per heavy atom. The maximum atomic E-state index is 10.7. The van der Waals surface area contributed by atoms with Crippen LogP contribution in [0.25, 0.3) is 0 Å². The highest BCUT2D eigenvalue weighted by Crippen LogP contribution is 2.25. The second-order valence-corrected chi connectivity index (χ2v) is 3.68. The van der Waals surface area contributed by atoms with E-state index in [-0.39, 0.29) is 18.2 Å². The van der Waals surface area contributed by atoms with Gasteiger partial charge in [0, 0.05) is 6.92 Å². The van der Waals surface area contributed by atoms with Crippen LogP contribution >= 0.6 is 0 Å². The molecule has 1 saturated heterocycles. The van der Waals surface area contributed by atoms with Crippen LogP contribution < -0.4 is 0 Å². The second-order valence-electron chi connectivity index (χ2n) is 3.68. The SMILES string of the molecule is CC(=O)O[C@H](C)[C@@H]1COC(C)(C)O1. The van der Waals surface area contributed by atoms with E-state index in [4.69, 9.17) is 14.2 Å². The molecule has 2 atom stereocenters. The predicted octanol–water partition coefficient (Wildman–Crippen LogP) is 1.09. The van der Waals surface area contributed by atoms with Crippen molar-refractivity contribution < 1.29 is 19.0 Å². The van der Waals surface area contributed by atoms with Crippen LogP contribution in [0, 0.1) is 0 Å². The van der Waals surface area contributed by atoms with Gasteiger partial charge in [0.2, 0.25) is 0 Å². The van der Waals surface area contributed by atoms with Gasteiger partial charge in [0.1, 0.15) is 12.2 Å². The maximum Gasteiger partial charge on any atom is 0.302 e. The third-order valence-electron chi connectivity index (χ3n) is 1.91. The van der Waals surface area contributed by atoms with E-state index in [1.54, 1.807) is 6.92 Å². The van der Waals surface area contributed by atoms with Gasteiger partial charge in [0.15, 0.2) is 5.79 Å². The molecule has 1 aliphatic heterocycles. The van der Waals surface area contributed by atoms with E-state index in [1.165, 1.54) is 6.92 Å². The summed E-state index contributed by atoms with van der Waals surface area (Å²) in [6, 6.07) is 0. The van der Waals surface area contributed by atoms with E-state index < -0.39 is 5.79 Å². The van der Waals surface area contributed by atoms with E-state index >= 15 is 0 Å². The highest BCUT2D eigenvalue weighted by molar-refractivity contribution is 5.66. The zero-order valence-electron chi connectivity index (χ0n) is 8.49. The first-order valence-corrected chi connectivity index (χ1v) is 4.40. The van der Waals surface area contributed by atoms with Crippen LogP contribution in [0.3, 0.4) is 0 Å². The molecule has 0 aromatic rings. The Labute approximate surface area is 78.2 Å². The van der Waals surface area contributed by atoms with Crippen molar-refractivity contribution in [3.8, 4) is 0 Å². The Balaban J connectivity index is 2.42. The maximum absolute atomic E-state index is 10.7. The molecule has 0 N–H and O–H groups in total. The zero-order valence-corrected chi connectivity index (χ0v) is 8.49. The van der Waals surface area contributed by atoms with Gasteiger partial charge >= 0.3 is 5.97 Å². The quantitative estimate of drug-likeness (QED) is 0.608. The third kappa shape index (κ3) is 2.97. The van der Waals surface area contributed by atoms with Crippen LogP contribution in [-0.4, -0.2) is 30.6 Å². The lowest BCUT2D eigenvalue weighted by atomic mass is 10.2. The summed E-state index contributed by atoms with van der Waals surface area (Å²) in [5.74, 6) is -0.847. The molecule has 0 amide bonds. The van der Waals surface area contributed by atoms with Gasteiger partial charge < -0.3 is 14.2 Å². The van der Waals surface area contributed by atoms with Crippen LogP contribution in [0.4, 0.5) is 0 Å². The summed E-state index contributed by atoms with van der Waals surface area (Å²) < 4.78 is 15.8. The molecule has 0 unspecified atom stereocenters.